The van der Waals surface area contributed by atoms with Crippen LogP contribution in [0.2, 0.25) is 5.02 Å². The minimum atomic E-state index is -3.72. The van der Waals surface area contributed by atoms with E-state index in [-0.39, 0.29) is 22.8 Å². The number of anilines is 1. The number of rotatable bonds is 6. The topological polar surface area (TPSA) is 125 Å². The van der Waals surface area contributed by atoms with Crippen molar-refractivity contribution >= 4 is 45.2 Å². The third kappa shape index (κ3) is 4.40. The molecule has 1 aromatic carbocycles. The number of nitrogens with one attached hydrogen (secondary N) is 3. The van der Waals surface area contributed by atoms with E-state index in [0.29, 0.717) is 18.8 Å². The lowest BCUT2D eigenvalue weighted by Crippen LogP contribution is -2.30. The van der Waals surface area contributed by atoms with Crippen LogP contribution >= 0.6 is 11.6 Å². The van der Waals surface area contributed by atoms with Crippen LogP contribution < -0.4 is 16.0 Å². The van der Waals surface area contributed by atoms with Crippen LogP contribution in [0.1, 0.15) is 25.7 Å². The van der Waals surface area contributed by atoms with Gasteiger partial charge in [-0.1, -0.05) is 11.6 Å². The fourth-order valence-corrected chi connectivity index (χ4v) is 5.02. The molecule has 3 N–H and O–H groups in total. The van der Waals surface area contributed by atoms with Gasteiger partial charge in [0.05, 0.1) is 5.02 Å². The third-order valence-electron chi connectivity index (χ3n) is 4.42. The maximum atomic E-state index is 12.7. The predicted octanol–water partition coefficient (Wildman–Crippen LogP) is 1.05. The van der Waals surface area contributed by atoms with Gasteiger partial charge >= 0.3 is 6.03 Å². The lowest BCUT2D eigenvalue weighted by atomic mass is 10.1. The molecule has 1 atom stereocenters. The number of carbonyl (C=O) groups is 3. The molecule has 146 valence electrons. The van der Waals surface area contributed by atoms with E-state index in [1.807, 2.05) is 0 Å². The highest BCUT2D eigenvalue weighted by molar-refractivity contribution is 7.89. The Morgan fingerprint density at radius 2 is 1.96 bits per heavy atom. The molecule has 4 amide bonds. The number of hydrogen-bond donors (Lipinski definition) is 3. The highest BCUT2D eigenvalue weighted by Gasteiger charge is 2.30. The summed E-state index contributed by atoms with van der Waals surface area (Å²) in [7, 11) is -3.72. The second kappa shape index (κ2) is 7.83. The first-order valence-electron chi connectivity index (χ1n) is 8.48. The SMILES string of the molecule is O=C(CC[C@H]1NC(=O)NC1=O)Nc1ccc(Cl)c(S(=O)(=O)N2CCCC2)c1. The molecule has 0 unspecified atom stereocenters. The quantitative estimate of drug-likeness (QED) is 0.600. The van der Waals surface area contributed by atoms with E-state index in [1.54, 1.807) is 0 Å². The van der Waals surface area contributed by atoms with E-state index in [2.05, 4.69) is 16.0 Å². The number of hydrogen-bond acceptors (Lipinski definition) is 5. The Balaban J connectivity index is 1.66. The average molecular weight is 415 g/mol. The van der Waals surface area contributed by atoms with Gasteiger partial charge in [-0.15, -0.1) is 0 Å². The molecule has 2 aliphatic heterocycles. The summed E-state index contributed by atoms with van der Waals surface area (Å²) in [6.07, 6.45) is 1.72. The number of urea groups is 1. The Hall–Kier alpha value is -2.17. The molecule has 0 saturated carbocycles. The first-order valence-corrected chi connectivity index (χ1v) is 10.3. The molecular weight excluding hydrogens is 396 g/mol. The molecule has 0 bridgehead atoms. The number of carbonyl (C=O) groups excluding carboxylic acids is 3. The monoisotopic (exact) mass is 414 g/mol. The zero-order valence-corrected chi connectivity index (χ0v) is 15.9. The summed E-state index contributed by atoms with van der Waals surface area (Å²) in [5.74, 6) is -0.880. The van der Waals surface area contributed by atoms with E-state index >= 15 is 0 Å². The fourth-order valence-electron chi connectivity index (χ4n) is 3.01. The number of sulfonamides is 1. The smallest absolute Gasteiger partial charge is 0.322 e. The van der Waals surface area contributed by atoms with Gasteiger partial charge in [0, 0.05) is 25.2 Å². The standard InChI is InChI=1S/C16H19ClN4O5S/c17-11-4-3-10(9-13(11)27(25,26)21-7-1-2-8-21)18-14(22)6-5-12-15(23)20-16(24)19-12/h3-4,9,12H,1-2,5-8H2,(H,18,22)(H2,19,20,23,24)/t12-/m1/s1. The van der Waals surface area contributed by atoms with E-state index < -0.39 is 33.9 Å². The number of benzene rings is 1. The Labute approximate surface area is 161 Å². The first kappa shape index (κ1) is 19.6. The first-order chi connectivity index (χ1) is 12.8. The number of halogens is 1. The molecule has 1 aromatic rings. The molecule has 11 heteroatoms. The van der Waals surface area contributed by atoms with Crippen molar-refractivity contribution in [2.75, 3.05) is 18.4 Å². The van der Waals surface area contributed by atoms with Crippen molar-refractivity contribution in [3.8, 4) is 0 Å². The number of imide groups is 1. The van der Waals surface area contributed by atoms with E-state index in [0.717, 1.165) is 12.8 Å². The highest BCUT2D eigenvalue weighted by Crippen LogP contribution is 2.29. The summed E-state index contributed by atoms with van der Waals surface area (Å²) >= 11 is 6.07. The zero-order valence-electron chi connectivity index (χ0n) is 14.3. The molecule has 9 nitrogen and oxygen atoms in total. The summed E-state index contributed by atoms with van der Waals surface area (Å²) in [6.45, 7) is 0.898. The van der Waals surface area contributed by atoms with Crippen molar-refractivity contribution in [3.05, 3.63) is 23.2 Å². The van der Waals surface area contributed by atoms with Gasteiger partial charge < -0.3 is 10.6 Å². The summed E-state index contributed by atoms with van der Waals surface area (Å²) in [5.41, 5.74) is 0.294. The van der Waals surface area contributed by atoms with Crippen molar-refractivity contribution in [2.24, 2.45) is 0 Å². The number of amides is 4. The van der Waals surface area contributed by atoms with Crippen LogP contribution in [0, 0.1) is 0 Å². The molecule has 2 heterocycles. The van der Waals surface area contributed by atoms with Crippen molar-refractivity contribution in [2.45, 2.75) is 36.6 Å². The van der Waals surface area contributed by atoms with Crippen LogP contribution in [0.25, 0.3) is 0 Å². The number of nitrogens with zero attached hydrogens (tertiary/aromatic N) is 1. The maximum absolute atomic E-state index is 12.7. The van der Waals surface area contributed by atoms with E-state index in [1.165, 1.54) is 22.5 Å². The maximum Gasteiger partial charge on any atom is 0.322 e. The van der Waals surface area contributed by atoms with Gasteiger partial charge in [-0.3, -0.25) is 14.9 Å². The third-order valence-corrected chi connectivity index (χ3v) is 6.80. The molecule has 2 saturated heterocycles. The lowest BCUT2D eigenvalue weighted by molar-refractivity contribution is -0.120. The molecule has 0 radical (unpaired) electrons. The largest absolute Gasteiger partial charge is 0.326 e. The van der Waals surface area contributed by atoms with Crippen molar-refractivity contribution in [3.63, 3.8) is 0 Å². The van der Waals surface area contributed by atoms with Gasteiger partial charge in [0.15, 0.2) is 0 Å². The van der Waals surface area contributed by atoms with Crippen molar-refractivity contribution < 1.29 is 22.8 Å². The van der Waals surface area contributed by atoms with Gasteiger partial charge in [0.1, 0.15) is 10.9 Å². The average Bonchev–Trinajstić information content (AvgIpc) is 3.25. The van der Waals surface area contributed by atoms with Crippen molar-refractivity contribution in [1.29, 1.82) is 0 Å². The second-order valence-electron chi connectivity index (χ2n) is 6.36. The Kier molecular flexibility index (Phi) is 5.68. The van der Waals surface area contributed by atoms with Crippen LogP contribution in [0.5, 0.6) is 0 Å². The molecule has 27 heavy (non-hydrogen) atoms. The summed E-state index contributed by atoms with van der Waals surface area (Å²) in [6, 6.07) is 2.93. The molecule has 3 rings (SSSR count). The van der Waals surface area contributed by atoms with Crippen LogP contribution in [0.15, 0.2) is 23.1 Å². The molecule has 2 aliphatic rings. The van der Waals surface area contributed by atoms with E-state index in [9.17, 15) is 22.8 Å². The Morgan fingerprint density at radius 1 is 1.26 bits per heavy atom. The summed E-state index contributed by atoms with van der Waals surface area (Å²) < 4.78 is 26.8. The van der Waals surface area contributed by atoms with Gasteiger partial charge in [-0.25, -0.2) is 13.2 Å². The van der Waals surface area contributed by atoms with E-state index in [4.69, 9.17) is 11.6 Å². The predicted molar refractivity (Wildman–Crippen MR) is 97.8 cm³/mol. The second-order valence-corrected chi connectivity index (χ2v) is 8.67. The minimum Gasteiger partial charge on any atom is -0.326 e. The normalized spacial score (nSPS) is 20.4. The summed E-state index contributed by atoms with van der Waals surface area (Å²) in [5, 5.41) is 7.18. The minimum absolute atomic E-state index is 0.0186. The molecule has 0 spiro atoms. The molecular formula is C16H19ClN4O5S. The van der Waals surface area contributed by atoms with Gasteiger partial charge in [0.2, 0.25) is 15.9 Å². The van der Waals surface area contributed by atoms with Crippen molar-refractivity contribution in [1.82, 2.24) is 14.9 Å². The van der Waals surface area contributed by atoms with Gasteiger partial charge in [-0.05, 0) is 37.5 Å². The Morgan fingerprint density at radius 3 is 2.59 bits per heavy atom. The fraction of sp³-hybridized carbons (Fsp3) is 0.438. The molecule has 2 fully saturated rings. The van der Waals surface area contributed by atoms with Gasteiger partial charge in [-0.2, -0.15) is 4.31 Å². The van der Waals surface area contributed by atoms with Crippen LogP contribution in [-0.2, 0) is 19.6 Å². The zero-order chi connectivity index (χ0) is 19.6. The van der Waals surface area contributed by atoms with Gasteiger partial charge in [0.25, 0.3) is 5.91 Å². The highest BCUT2D eigenvalue weighted by atomic mass is 35.5. The summed E-state index contributed by atoms with van der Waals surface area (Å²) in [4.78, 5) is 34.6. The van der Waals surface area contributed by atoms with Crippen LogP contribution in [0.3, 0.4) is 0 Å². The van der Waals surface area contributed by atoms with Crippen LogP contribution in [-0.4, -0.2) is 49.7 Å². The Bertz CT molecular complexity index is 883. The molecule has 0 aliphatic carbocycles. The van der Waals surface area contributed by atoms with Crippen LogP contribution in [0.4, 0.5) is 10.5 Å². The lowest BCUT2D eigenvalue weighted by Gasteiger charge is -2.17. The molecule has 0 aromatic heterocycles.